The second-order valence-electron chi connectivity index (χ2n) is 6.15. The third kappa shape index (κ3) is 4.69. The fraction of sp³-hybridized carbons (Fsp3) is 0.400. The number of anilines is 1. The first-order chi connectivity index (χ1) is 12.0. The van der Waals surface area contributed by atoms with E-state index in [1.54, 1.807) is 6.92 Å². The highest BCUT2D eigenvalue weighted by molar-refractivity contribution is 7.15. The van der Waals surface area contributed by atoms with Gasteiger partial charge in [-0.3, -0.25) is 4.79 Å². The molecule has 0 aliphatic heterocycles. The van der Waals surface area contributed by atoms with Crippen LogP contribution in [-0.2, 0) is 9.53 Å². The van der Waals surface area contributed by atoms with E-state index in [2.05, 4.69) is 31.3 Å². The number of hydrogen-bond donors (Lipinski definition) is 1. The van der Waals surface area contributed by atoms with E-state index < -0.39 is 5.97 Å². The zero-order valence-electron chi connectivity index (χ0n) is 15.2. The molecule has 5 heteroatoms. The van der Waals surface area contributed by atoms with Crippen LogP contribution in [0.2, 0.25) is 0 Å². The van der Waals surface area contributed by atoms with Crippen molar-refractivity contribution in [1.82, 2.24) is 0 Å². The van der Waals surface area contributed by atoms with Gasteiger partial charge < -0.3 is 10.1 Å². The van der Waals surface area contributed by atoms with Gasteiger partial charge in [0.1, 0.15) is 10.6 Å². The van der Waals surface area contributed by atoms with Gasteiger partial charge in [0.2, 0.25) is 5.91 Å². The SMILES string of the molecule is CCCC(=O)Nc1scc(-c2ccc(C(C)C)cc2)c1C(=O)OCC. The van der Waals surface area contributed by atoms with Crippen LogP contribution in [0.4, 0.5) is 5.00 Å². The monoisotopic (exact) mass is 359 g/mol. The summed E-state index contributed by atoms with van der Waals surface area (Å²) in [6, 6.07) is 8.17. The zero-order valence-corrected chi connectivity index (χ0v) is 16.0. The van der Waals surface area contributed by atoms with Gasteiger partial charge in [-0.05, 0) is 30.4 Å². The molecular formula is C20H25NO3S. The minimum Gasteiger partial charge on any atom is -0.462 e. The molecule has 0 bridgehead atoms. The summed E-state index contributed by atoms with van der Waals surface area (Å²) < 4.78 is 5.21. The summed E-state index contributed by atoms with van der Waals surface area (Å²) in [7, 11) is 0. The Morgan fingerprint density at radius 2 is 1.84 bits per heavy atom. The second-order valence-corrected chi connectivity index (χ2v) is 7.03. The smallest absolute Gasteiger partial charge is 0.341 e. The molecule has 2 rings (SSSR count). The lowest BCUT2D eigenvalue weighted by Gasteiger charge is -2.10. The summed E-state index contributed by atoms with van der Waals surface area (Å²) in [5.74, 6) is -0.0416. The molecule has 1 heterocycles. The fourth-order valence-electron chi connectivity index (χ4n) is 2.53. The van der Waals surface area contributed by atoms with E-state index in [-0.39, 0.29) is 5.91 Å². The normalized spacial score (nSPS) is 10.8. The molecule has 4 nitrogen and oxygen atoms in total. The summed E-state index contributed by atoms with van der Waals surface area (Å²) >= 11 is 1.36. The van der Waals surface area contributed by atoms with E-state index in [0.29, 0.717) is 29.5 Å². The van der Waals surface area contributed by atoms with E-state index in [0.717, 1.165) is 17.5 Å². The molecule has 0 saturated heterocycles. The number of amides is 1. The Morgan fingerprint density at radius 3 is 2.40 bits per heavy atom. The third-order valence-electron chi connectivity index (χ3n) is 3.89. The number of nitrogens with one attached hydrogen (secondary N) is 1. The highest BCUT2D eigenvalue weighted by Gasteiger charge is 2.22. The van der Waals surface area contributed by atoms with Crippen molar-refractivity contribution in [2.75, 3.05) is 11.9 Å². The Labute approximate surface area is 153 Å². The van der Waals surface area contributed by atoms with E-state index in [1.807, 2.05) is 24.4 Å². The van der Waals surface area contributed by atoms with Crippen molar-refractivity contribution < 1.29 is 14.3 Å². The third-order valence-corrected chi connectivity index (χ3v) is 4.78. The zero-order chi connectivity index (χ0) is 18.4. The molecule has 0 radical (unpaired) electrons. The standard InChI is InChI=1S/C20H25NO3S/c1-5-7-17(22)21-19-18(20(23)24-6-2)16(12-25-19)15-10-8-14(9-11-15)13(3)4/h8-13H,5-7H2,1-4H3,(H,21,22). The van der Waals surface area contributed by atoms with Crippen LogP contribution in [0, 0.1) is 0 Å². The minimum absolute atomic E-state index is 0.0865. The quantitative estimate of drug-likeness (QED) is 0.668. The highest BCUT2D eigenvalue weighted by Crippen LogP contribution is 2.36. The van der Waals surface area contributed by atoms with Gasteiger partial charge in [-0.2, -0.15) is 0 Å². The molecule has 1 N–H and O–H groups in total. The number of carbonyl (C=O) groups excluding carboxylic acids is 2. The maximum Gasteiger partial charge on any atom is 0.341 e. The van der Waals surface area contributed by atoms with Crippen molar-refractivity contribution in [3.8, 4) is 11.1 Å². The van der Waals surface area contributed by atoms with Gasteiger partial charge in [0, 0.05) is 17.4 Å². The topological polar surface area (TPSA) is 55.4 Å². The summed E-state index contributed by atoms with van der Waals surface area (Å²) in [5.41, 5.74) is 3.42. The van der Waals surface area contributed by atoms with Crippen LogP contribution in [0.15, 0.2) is 29.6 Å². The fourth-order valence-corrected chi connectivity index (χ4v) is 3.51. The van der Waals surface area contributed by atoms with Gasteiger partial charge in [-0.15, -0.1) is 11.3 Å². The van der Waals surface area contributed by atoms with Crippen molar-refractivity contribution in [1.29, 1.82) is 0 Å². The lowest BCUT2D eigenvalue weighted by Crippen LogP contribution is -2.14. The van der Waals surface area contributed by atoms with Crippen LogP contribution in [0.5, 0.6) is 0 Å². The molecule has 1 amide bonds. The largest absolute Gasteiger partial charge is 0.462 e. The van der Waals surface area contributed by atoms with Gasteiger partial charge in [0.05, 0.1) is 6.61 Å². The Hall–Kier alpha value is -2.14. The van der Waals surface area contributed by atoms with Gasteiger partial charge in [0.25, 0.3) is 0 Å². The molecule has 1 aromatic heterocycles. The number of thiophene rings is 1. The van der Waals surface area contributed by atoms with Crippen LogP contribution in [0.1, 0.15) is 62.4 Å². The maximum absolute atomic E-state index is 12.5. The number of carbonyl (C=O) groups is 2. The van der Waals surface area contributed by atoms with E-state index in [4.69, 9.17) is 4.74 Å². The van der Waals surface area contributed by atoms with Crippen molar-refractivity contribution in [3.63, 3.8) is 0 Å². The lowest BCUT2D eigenvalue weighted by molar-refractivity contribution is -0.116. The highest BCUT2D eigenvalue weighted by atomic mass is 32.1. The van der Waals surface area contributed by atoms with Gasteiger partial charge in [-0.25, -0.2) is 4.79 Å². The van der Waals surface area contributed by atoms with Crippen LogP contribution in [0.3, 0.4) is 0 Å². The number of esters is 1. The average molecular weight is 359 g/mol. The van der Waals surface area contributed by atoms with Gasteiger partial charge >= 0.3 is 5.97 Å². The van der Waals surface area contributed by atoms with Crippen molar-refractivity contribution in [2.24, 2.45) is 0 Å². The number of rotatable bonds is 7. The number of hydrogen-bond acceptors (Lipinski definition) is 4. The molecule has 0 atom stereocenters. The molecular weight excluding hydrogens is 334 g/mol. The molecule has 0 fully saturated rings. The first-order valence-electron chi connectivity index (χ1n) is 8.66. The minimum atomic E-state index is -0.404. The summed E-state index contributed by atoms with van der Waals surface area (Å²) in [4.78, 5) is 24.4. The first kappa shape index (κ1) is 19.2. The first-order valence-corrected chi connectivity index (χ1v) is 9.54. The molecule has 25 heavy (non-hydrogen) atoms. The number of benzene rings is 1. The average Bonchev–Trinajstić information content (AvgIpc) is 2.99. The number of ether oxygens (including phenoxy) is 1. The molecule has 0 unspecified atom stereocenters. The molecule has 134 valence electrons. The Balaban J connectivity index is 2.41. The summed E-state index contributed by atoms with van der Waals surface area (Å²) in [6.45, 7) is 8.30. The molecule has 2 aromatic rings. The van der Waals surface area contributed by atoms with Crippen molar-refractivity contribution in [3.05, 3.63) is 40.8 Å². The Kier molecular flexibility index (Phi) is 6.76. The molecule has 0 spiro atoms. The summed E-state index contributed by atoms with van der Waals surface area (Å²) in [5, 5.41) is 5.31. The molecule has 1 aromatic carbocycles. The van der Waals surface area contributed by atoms with Crippen LogP contribution >= 0.6 is 11.3 Å². The van der Waals surface area contributed by atoms with Gasteiger partial charge in [0.15, 0.2) is 0 Å². The Morgan fingerprint density at radius 1 is 1.16 bits per heavy atom. The molecule has 0 aliphatic rings. The van der Waals surface area contributed by atoms with Crippen LogP contribution in [0.25, 0.3) is 11.1 Å². The van der Waals surface area contributed by atoms with E-state index in [9.17, 15) is 9.59 Å². The van der Waals surface area contributed by atoms with E-state index >= 15 is 0 Å². The van der Waals surface area contributed by atoms with Gasteiger partial charge in [-0.1, -0.05) is 45.0 Å². The van der Waals surface area contributed by atoms with Crippen molar-refractivity contribution >= 4 is 28.2 Å². The molecule has 0 saturated carbocycles. The summed E-state index contributed by atoms with van der Waals surface area (Å²) in [6.07, 6.45) is 1.19. The Bertz CT molecular complexity index is 732. The molecule has 0 aliphatic carbocycles. The van der Waals surface area contributed by atoms with Crippen LogP contribution in [-0.4, -0.2) is 18.5 Å². The van der Waals surface area contributed by atoms with Crippen molar-refractivity contribution in [2.45, 2.75) is 46.5 Å². The maximum atomic E-state index is 12.5. The van der Waals surface area contributed by atoms with Crippen LogP contribution < -0.4 is 5.32 Å². The second kappa shape index (κ2) is 8.81. The predicted molar refractivity (Wildman–Crippen MR) is 103 cm³/mol. The predicted octanol–water partition coefficient (Wildman–Crippen LogP) is 5.45. The lowest BCUT2D eigenvalue weighted by atomic mass is 9.98. The van der Waals surface area contributed by atoms with E-state index in [1.165, 1.54) is 16.9 Å².